The van der Waals surface area contributed by atoms with Gasteiger partial charge in [-0.25, -0.2) is 4.98 Å². The minimum Gasteiger partial charge on any atom is -0.345 e. The molecule has 2 rings (SSSR count). The third kappa shape index (κ3) is 3.04. The topological polar surface area (TPSA) is 36.4 Å². The maximum Gasteiger partial charge on any atom is 0.186 e. The van der Waals surface area contributed by atoms with Crippen LogP contribution in [0.3, 0.4) is 0 Å². The molecule has 0 spiro atoms. The Balaban J connectivity index is 2.17. The number of anilines is 1. The first-order valence-corrected chi connectivity index (χ1v) is 8.37. The zero-order valence-electron chi connectivity index (χ0n) is 12.9. The zero-order valence-corrected chi connectivity index (χ0v) is 13.7. The second-order valence-electron chi connectivity index (χ2n) is 5.60. The van der Waals surface area contributed by atoms with Gasteiger partial charge >= 0.3 is 0 Å². The second kappa shape index (κ2) is 6.68. The first-order chi connectivity index (χ1) is 9.60. The van der Waals surface area contributed by atoms with Crippen LogP contribution in [0.25, 0.3) is 0 Å². The molecule has 1 aromatic rings. The third-order valence-electron chi connectivity index (χ3n) is 4.30. The molecule has 2 heterocycles. The fraction of sp³-hybridized carbons (Fsp3) is 0.733. The lowest BCUT2D eigenvalue weighted by molar-refractivity contribution is 0.112. The van der Waals surface area contributed by atoms with E-state index in [1.165, 1.54) is 0 Å². The molecule has 0 radical (unpaired) electrons. The van der Waals surface area contributed by atoms with E-state index in [0.29, 0.717) is 12.0 Å². The number of rotatable bonds is 5. The fourth-order valence-corrected chi connectivity index (χ4v) is 3.77. The number of hydrogen-bond acceptors (Lipinski definition) is 5. The number of carbonyl (C=O) groups is 1. The van der Waals surface area contributed by atoms with Crippen molar-refractivity contribution < 1.29 is 4.79 Å². The van der Waals surface area contributed by atoms with Crippen molar-refractivity contribution in [2.45, 2.75) is 46.1 Å². The van der Waals surface area contributed by atoms with Gasteiger partial charge in [0.1, 0.15) is 0 Å². The molecule has 0 aromatic carbocycles. The second-order valence-corrected chi connectivity index (χ2v) is 6.61. The Morgan fingerprint density at radius 3 is 2.75 bits per heavy atom. The van der Waals surface area contributed by atoms with Crippen LogP contribution in [-0.4, -0.2) is 48.4 Å². The maximum atomic E-state index is 11.3. The molecule has 1 aromatic heterocycles. The van der Waals surface area contributed by atoms with Crippen LogP contribution in [0.2, 0.25) is 0 Å². The van der Waals surface area contributed by atoms with Crippen LogP contribution in [-0.2, 0) is 0 Å². The number of hydrogen-bond donors (Lipinski definition) is 0. The highest BCUT2D eigenvalue weighted by Crippen LogP contribution is 2.32. The zero-order chi connectivity index (χ0) is 14.7. The first-order valence-electron chi connectivity index (χ1n) is 7.55. The normalized spacial score (nSPS) is 22.0. The Hall–Kier alpha value is -0.940. The molecular weight excluding hydrogens is 270 g/mol. The van der Waals surface area contributed by atoms with Gasteiger partial charge in [-0.1, -0.05) is 32.1 Å². The van der Waals surface area contributed by atoms with E-state index < -0.39 is 0 Å². The van der Waals surface area contributed by atoms with E-state index in [-0.39, 0.29) is 0 Å². The van der Waals surface area contributed by atoms with Gasteiger partial charge in [-0.3, -0.25) is 9.69 Å². The summed E-state index contributed by atoms with van der Waals surface area (Å²) in [6.07, 6.45) is 1.98. The van der Waals surface area contributed by atoms with E-state index in [1.807, 2.05) is 0 Å². The molecular formula is C15H25N3OS. The molecule has 4 nitrogen and oxygen atoms in total. The lowest BCUT2D eigenvalue weighted by Gasteiger charge is -2.39. The molecule has 1 saturated heterocycles. The number of aldehydes is 1. The lowest BCUT2D eigenvalue weighted by atomic mass is 10.0. The number of nitrogens with zero attached hydrogens (tertiary/aromatic N) is 3. The van der Waals surface area contributed by atoms with Gasteiger partial charge in [-0.05, 0) is 25.8 Å². The highest BCUT2D eigenvalue weighted by molar-refractivity contribution is 7.17. The van der Waals surface area contributed by atoms with Gasteiger partial charge in [0.2, 0.25) is 0 Å². The summed E-state index contributed by atoms with van der Waals surface area (Å²) < 4.78 is 0. The third-order valence-corrected chi connectivity index (χ3v) is 5.36. The summed E-state index contributed by atoms with van der Waals surface area (Å²) >= 11 is 1.55. The van der Waals surface area contributed by atoms with Crippen molar-refractivity contribution in [1.82, 2.24) is 9.88 Å². The van der Waals surface area contributed by atoms with Gasteiger partial charge in [0.05, 0.1) is 10.6 Å². The standard InChI is InChI=1S/C15H25N3OS/c1-5-11(3)14-13(10-19)20-15(16-14)18-8-7-17(6-2)12(4)9-18/h10-12H,5-9H2,1-4H3. The van der Waals surface area contributed by atoms with Gasteiger partial charge in [0, 0.05) is 25.7 Å². The van der Waals surface area contributed by atoms with Crippen molar-refractivity contribution in [2.75, 3.05) is 31.1 Å². The molecule has 0 amide bonds. The molecule has 2 atom stereocenters. The largest absolute Gasteiger partial charge is 0.345 e. The summed E-state index contributed by atoms with van der Waals surface area (Å²) in [4.78, 5) is 21.6. The molecule has 0 bridgehead atoms. The summed E-state index contributed by atoms with van der Waals surface area (Å²) in [7, 11) is 0. The van der Waals surface area contributed by atoms with E-state index in [2.05, 4.69) is 37.5 Å². The highest BCUT2D eigenvalue weighted by atomic mass is 32.1. The summed E-state index contributed by atoms with van der Waals surface area (Å²) in [5, 5.41) is 1.02. The Morgan fingerprint density at radius 2 is 2.20 bits per heavy atom. The van der Waals surface area contributed by atoms with Crippen molar-refractivity contribution in [3.8, 4) is 0 Å². The maximum absolute atomic E-state index is 11.3. The molecule has 2 unspecified atom stereocenters. The number of thiazole rings is 1. The summed E-state index contributed by atoms with van der Waals surface area (Å²) in [6.45, 7) is 12.9. The molecule has 1 aliphatic rings. The fourth-order valence-electron chi connectivity index (χ4n) is 2.74. The van der Waals surface area contributed by atoms with Crippen molar-refractivity contribution >= 4 is 22.8 Å². The average Bonchev–Trinajstić information content (AvgIpc) is 2.90. The average molecular weight is 295 g/mol. The molecule has 1 fully saturated rings. The smallest absolute Gasteiger partial charge is 0.186 e. The Morgan fingerprint density at radius 1 is 1.45 bits per heavy atom. The summed E-state index contributed by atoms with van der Waals surface area (Å²) in [6, 6.07) is 0.546. The van der Waals surface area contributed by atoms with Crippen molar-refractivity contribution in [1.29, 1.82) is 0 Å². The number of likely N-dealkylation sites (N-methyl/N-ethyl adjacent to an activating group) is 1. The monoisotopic (exact) mass is 295 g/mol. The number of piperazine rings is 1. The molecule has 0 aliphatic carbocycles. The van der Waals surface area contributed by atoms with Crippen LogP contribution in [0.1, 0.15) is 55.4 Å². The minimum atomic E-state index is 0.356. The predicted octanol–water partition coefficient (Wildman–Crippen LogP) is 3.00. The summed E-state index contributed by atoms with van der Waals surface area (Å²) in [5.74, 6) is 0.356. The number of carbonyl (C=O) groups excluding carboxylic acids is 1. The predicted molar refractivity (Wildman–Crippen MR) is 85.1 cm³/mol. The van der Waals surface area contributed by atoms with Gasteiger partial charge < -0.3 is 4.90 Å². The molecule has 0 N–H and O–H groups in total. The van der Waals surface area contributed by atoms with Crippen LogP contribution >= 0.6 is 11.3 Å². The molecule has 112 valence electrons. The van der Waals surface area contributed by atoms with Gasteiger partial charge in [0.15, 0.2) is 11.4 Å². The van der Waals surface area contributed by atoms with Crippen LogP contribution < -0.4 is 4.90 Å². The van der Waals surface area contributed by atoms with E-state index in [4.69, 9.17) is 4.98 Å². The summed E-state index contributed by atoms with van der Waals surface area (Å²) in [5.41, 5.74) is 0.980. The van der Waals surface area contributed by atoms with Crippen LogP contribution in [0.15, 0.2) is 0 Å². The van der Waals surface area contributed by atoms with Gasteiger partial charge in [-0.2, -0.15) is 0 Å². The SMILES string of the molecule is CCC(C)c1nc(N2CCN(CC)C(C)C2)sc1C=O. The van der Waals surface area contributed by atoms with Gasteiger partial charge in [-0.15, -0.1) is 0 Å². The quantitative estimate of drug-likeness (QED) is 0.783. The Kier molecular flexibility index (Phi) is 5.16. The molecule has 20 heavy (non-hydrogen) atoms. The van der Waals surface area contributed by atoms with Crippen molar-refractivity contribution in [3.63, 3.8) is 0 Å². The highest BCUT2D eigenvalue weighted by Gasteiger charge is 2.26. The first kappa shape index (κ1) is 15.4. The minimum absolute atomic E-state index is 0.356. The van der Waals surface area contributed by atoms with E-state index in [0.717, 1.165) is 54.6 Å². The molecule has 5 heteroatoms. The van der Waals surface area contributed by atoms with Crippen LogP contribution in [0.5, 0.6) is 0 Å². The van der Waals surface area contributed by atoms with Gasteiger partial charge in [0.25, 0.3) is 0 Å². The van der Waals surface area contributed by atoms with Crippen molar-refractivity contribution in [2.24, 2.45) is 0 Å². The Bertz CT molecular complexity index is 460. The molecule has 1 aliphatic heterocycles. The van der Waals surface area contributed by atoms with Crippen LogP contribution in [0, 0.1) is 0 Å². The van der Waals surface area contributed by atoms with Crippen LogP contribution in [0.4, 0.5) is 5.13 Å². The Labute approximate surface area is 125 Å². The van der Waals surface area contributed by atoms with E-state index >= 15 is 0 Å². The van der Waals surface area contributed by atoms with Crippen molar-refractivity contribution in [3.05, 3.63) is 10.6 Å². The molecule has 0 saturated carbocycles. The van der Waals surface area contributed by atoms with E-state index in [1.54, 1.807) is 11.3 Å². The lowest BCUT2D eigenvalue weighted by Crippen LogP contribution is -2.51. The van der Waals surface area contributed by atoms with E-state index in [9.17, 15) is 4.79 Å². The number of aromatic nitrogens is 1.